The van der Waals surface area contributed by atoms with Gasteiger partial charge in [0, 0.05) is 17.3 Å². The van der Waals surface area contributed by atoms with Gasteiger partial charge in [-0.2, -0.15) is 0 Å². The van der Waals surface area contributed by atoms with Crippen molar-refractivity contribution in [1.29, 1.82) is 0 Å². The Morgan fingerprint density at radius 1 is 0.903 bits per heavy atom. The molecule has 8 heteroatoms. The van der Waals surface area contributed by atoms with E-state index in [0.717, 1.165) is 29.5 Å². The first kappa shape index (κ1) is 19.7. The number of benzene rings is 3. The molecule has 4 nitrogen and oxygen atoms in total. The van der Waals surface area contributed by atoms with Crippen molar-refractivity contribution in [3.05, 3.63) is 95.3 Å². The van der Waals surface area contributed by atoms with Gasteiger partial charge < -0.3 is 4.90 Å². The molecule has 1 atom stereocenters. The van der Waals surface area contributed by atoms with E-state index in [9.17, 15) is 22.8 Å². The molecule has 1 spiro atoms. The van der Waals surface area contributed by atoms with Gasteiger partial charge in [-0.1, -0.05) is 30.3 Å². The van der Waals surface area contributed by atoms with Crippen LogP contribution in [-0.4, -0.2) is 17.6 Å². The van der Waals surface area contributed by atoms with E-state index in [2.05, 4.69) is 0 Å². The lowest BCUT2D eigenvalue weighted by atomic mass is 10.0. The fraction of sp³-hybridized carbons (Fsp3) is 0.130. The van der Waals surface area contributed by atoms with Crippen molar-refractivity contribution < 1.29 is 22.8 Å². The summed E-state index contributed by atoms with van der Waals surface area (Å²) >= 11 is 1.15. The number of carbonyl (C=O) groups excluding carboxylic acids is 2. The molecule has 0 saturated carbocycles. The van der Waals surface area contributed by atoms with Crippen LogP contribution in [-0.2, 0) is 21.0 Å². The standard InChI is InChI=1S/C23H15F3N2O2S/c24-15-7-5-14(6-8-15)12-27-20-4-2-1-3-17(20)23(22(27)30)28(21(29)13-31-23)16-9-10-18(25)19(26)11-16/h1-11H,12-13H2/t23-/m0/s1. The zero-order valence-electron chi connectivity index (χ0n) is 16.0. The van der Waals surface area contributed by atoms with Gasteiger partial charge in [0.1, 0.15) is 5.82 Å². The highest BCUT2D eigenvalue weighted by Gasteiger charge is 2.60. The van der Waals surface area contributed by atoms with Crippen LogP contribution >= 0.6 is 11.8 Å². The highest BCUT2D eigenvalue weighted by Crippen LogP contribution is 2.56. The van der Waals surface area contributed by atoms with Gasteiger partial charge in [-0.25, -0.2) is 13.2 Å². The van der Waals surface area contributed by atoms with E-state index in [-0.39, 0.29) is 35.6 Å². The molecule has 0 bridgehead atoms. The second kappa shape index (κ2) is 7.16. The molecule has 0 N–H and O–H groups in total. The maximum atomic E-state index is 14.0. The first-order chi connectivity index (χ1) is 14.9. The predicted octanol–water partition coefficient (Wildman–Crippen LogP) is 4.58. The van der Waals surface area contributed by atoms with Crippen LogP contribution in [0.1, 0.15) is 11.1 Å². The van der Waals surface area contributed by atoms with Crippen LogP contribution in [0.2, 0.25) is 0 Å². The Balaban J connectivity index is 1.63. The molecule has 0 radical (unpaired) electrons. The minimum atomic E-state index is -1.42. The van der Waals surface area contributed by atoms with E-state index in [4.69, 9.17) is 0 Å². The summed E-state index contributed by atoms with van der Waals surface area (Å²) in [4.78, 5) is 28.1. The molecule has 2 aliphatic rings. The summed E-state index contributed by atoms with van der Waals surface area (Å²) in [6.07, 6.45) is 0. The number of nitrogens with zero attached hydrogens (tertiary/aromatic N) is 2. The number of carbonyl (C=O) groups is 2. The number of hydrogen-bond donors (Lipinski definition) is 0. The summed E-state index contributed by atoms with van der Waals surface area (Å²) < 4.78 is 40.8. The third-order valence-electron chi connectivity index (χ3n) is 5.48. The molecular weight excluding hydrogens is 425 g/mol. The Bertz CT molecular complexity index is 1220. The fourth-order valence-electron chi connectivity index (χ4n) is 4.11. The molecule has 3 aromatic rings. The van der Waals surface area contributed by atoms with Crippen LogP contribution in [0, 0.1) is 17.5 Å². The second-order valence-electron chi connectivity index (χ2n) is 7.30. The van der Waals surface area contributed by atoms with Crippen molar-refractivity contribution in [3.8, 4) is 0 Å². The van der Waals surface area contributed by atoms with Crippen LogP contribution in [0.25, 0.3) is 0 Å². The van der Waals surface area contributed by atoms with Crippen LogP contribution in [0.15, 0.2) is 66.7 Å². The monoisotopic (exact) mass is 440 g/mol. The molecule has 2 heterocycles. The Kier molecular flexibility index (Phi) is 4.55. The number of fused-ring (bicyclic) bond motifs is 2. The highest BCUT2D eigenvalue weighted by molar-refractivity contribution is 8.02. The average molecular weight is 440 g/mol. The Labute approximate surface area is 180 Å². The summed E-state index contributed by atoms with van der Waals surface area (Å²) in [5.41, 5.74) is 2.05. The van der Waals surface area contributed by atoms with E-state index in [1.165, 1.54) is 23.1 Å². The third-order valence-corrected chi connectivity index (χ3v) is 6.87. The number of thioether (sulfide) groups is 1. The minimum absolute atomic E-state index is 0.0173. The summed E-state index contributed by atoms with van der Waals surface area (Å²) in [5.74, 6) is -3.23. The van der Waals surface area contributed by atoms with Crippen LogP contribution < -0.4 is 9.80 Å². The average Bonchev–Trinajstić information content (AvgIpc) is 3.23. The number of hydrogen-bond acceptors (Lipinski definition) is 3. The molecule has 0 unspecified atom stereocenters. The number of rotatable bonds is 3. The van der Waals surface area contributed by atoms with E-state index in [0.29, 0.717) is 11.3 Å². The molecule has 156 valence electrons. The van der Waals surface area contributed by atoms with E-state index >= 15 is 0 Å². The molecule has 1 fully saturated rings. The molecule has 0 aliphatic carbocycles. The molecule has 2 aliphatic heterocycles. The van der Waals surface area contributed by atoms with Crippen molar-refractivity contribution in [2.75, 3.05) is 15.6 Å². The van der Waals surface area contributed by atoms with Crippen molar-refractivity contribution in [2.24, 2.45) is 0 Å². The maximum Gasteiger partial charge on any atom is 0.269 e. The van der Waals surface area contributed by atoms with Gasteiger partial charge in [-0.3, -0.25) is 14.5 Å². The first-order valence-electron chi connectivity index (χ1n) is 9.50. The van der Waals surface area contributed by atoms with Crippen LogP contribution in [0.4, 0.5) is 24.5 Å². The van der Waals surface area contributed by atoms with E-state index in [1.54, 1.807) is 41.3 Å². The quantitative estimate of drug-likeness (QED) is 0.599. The topological polar surface area (TPSA) is 40.6 Å². The van der Waals surface area contributed by atoms with Crippen LogP contribution in [0.5, 0.6) is 0 Å². The van der Waals surface area contributed by atoms with Gasteiger partial charge in [0.15, 0.2) is 11.6 Å². The van der Waals surface area contributed by atoms with Gasteiger partial charge in [0.2, 0.25) is 10.8 Å². The van der Waals surface area contributed by atoms with Crippen molar-refractivity contribution in [2.45, 2.75) is 11.4 Å². The largest absolute Gasteiger partial charge is 0.304 e. The molecule has 2 amide bonds. The number of anilines is 2. The zero-order chi connectivity index (χ0) is 21.8. The summed E-state index contributed by atoms with van der Waals surface area (Å²) in [7, 11) is 0. The summed E-state index contributed by atoms with van der Waals surface area (Å²) in [5, 5.41) is 0. The van der Waals surface area contributed by atoms with Crippen molar-refractivity contribution in [3.63, 3.8) is 0 Å². The highest BCUT2D eigenvalue weighted by atomic mass is 32.2. The summed E-state index contributed by atoms with van der Waals surface area (Å²) in [6, 6.07) is 16.1. The van der Waals surface area contributed by atoms with Gasteiger partial charge in [-0.05, 0) is 35.9 Å². The first-order valence-corrected chi connectivity index (χ1v) is 10.5. The predicted molar refractivity (Wildman–Crippen MR) is 112 cm³/mol. The SMILES string of the molecule is O=C1CS[C@@]2(C(=O)N(Cc3ccc(F)cc3)c3ccccc32)N1c1ccc(F)c(F)c1. The van der Waals surface area contributed by atoms with E-state index in [1.807, 2.05) is 0 Å². The third kappa shape index (κ3) is 2.93. The molecule has 1 saturated heterocycles. The Hall–Kier alpha value is -3.26. The number of para-hydroxylation sites is 1. The lowest BCUT2D eigenvalue weighted by Crippen LogP contribution is -2.49. The molecule has 3 aromatic carbocycles. The second-order valence-corrected chi connectivity index (χ2v) is 8.46. The molecule has 31 heavy (non-hydrogen) atoms. The smallest absolute Gasteiger partial charge is 0.269 e. The van der Waals surface area contributed by atoms with Gasteiger partial charge in [-0.15, -0.1) is 11.8 Å². The van der Waals surface area contributed by atoms with Gasteiger partial charge in [0.05, 0.1) is 18.0 Å². The van der Waals surface area contributed by atoms with E-state index < -0.39 is 16.5 Å². The Morgan fingerprint density at radius 3 is 2.39 bits per heavy atom. The van der Waals surface area contributed by atoms with Gasteiger partial charge in [0.25, 0.3) is 5.91 Å². The minimum Gasteiger partial charge on any atom is -0.304 e. The van der Waals surface area contributed by atoms with Crippen molar-refractivity contribution >= 4 is 35.0 Å². The normalized spacial score (nSPS) is 20.1. The lowest BCUT2D eigenvalue weighted by Gasteiger charge is -2.33. The molecule has 5 rings (SSSR count). The lowest BCUT2D eigenvalue weighted by molar-refractivity contribution is -0.123. The Morgan fingerprint density at radius 2 is 1.65 bits per heavy atom. The molecule has 0 aromatic heterocycles. The van der Waals surface area contributed by atoms with Crippen molar-refractivity contribution in [1.82, 2.24) is 0 Å². The van der Waals surface area contributed by atoms with Gasteiger partial charge >= 0.3 is 0 Å². The summed E-state index contributed by atoms with van der Waals surface area (Å²) in [6.45, 7) is 0.179. The zero-order valence-corrected chi connectivity index (χ0v) is 16.8. The number of halogens is 3. The molecular formula is C23H15F3N2O2S. The number of amides is 2. The fourth-order valence-corrected chi connectivity index (χ4v) is 5.47. The van der Waals surface area contributed by atoms with Crippen LogP contribution in [0.3, 0.4) is 0 Å². The maximum absolute atomic E-state index is 14.0.